The molecular weight excluding hydrogens is 339 g/mol. The topological polar surface area (TPSA) is 23.5 Å². The molecule has 2 aromatic rings. The second-order valence-electron chi connectivity index (χ2n) is 7.47. The van der Waals surface area contributed by atoms with E-state index >= 15 is 0 Å². The van der Waals surface area contributed by atoms with Crippen LogP contribution in [-0.4, -0.2) is 29.1 Å². The Bertz CT molecular complexity index is 766. The molecule has 2 nitrogen and oxygen atoms in total. The monoisotopic (exact) mass is 361 g/mol. The molecule has 138 valence electrons. The van der Waals surface area contributed by atoms with Crippen LogP contribution in [0.4, 0.5) is 13.2 Å². The predicted molar refractivity (Wildman–Crippen MR) is 93.7 cm³/mol. The Hall–Kier alpha value is -1.85. The first-order valence-electron chi connectivity index (χ1n) is 9.06. The van der Waals surface area contributed by atoms with E-state index in [1.807, 2.05) is 18.2 Å². The molecule has 0 unspecified atom stereocenters. The minimum atomic E-state index is -4.38. The number of hydrogen-bond donors (Lipinski definition) is 1. The minimum absolute atomic E-state index is 0.377. The molecule has 4 rings (SSSR count). The van der Waals surface area contributed by atoms with E-state index in [1.165, 1.54) is 11.6 Å². The fourth-order valence-corrected chi connectivity index (χ4v) is 4.14. The summed E-state index contributed by atoms with van der Waals surface area (Å²) >= 11 is 0. The van der Waals surface area contributed by atoms with Crippen LogP contribution in [0.25, 0.3) is 0 Å². The van der Waals surface area contributed by atoms with Crippen LogP contribution >= 0.6 is 0 Å². The van der Waals surface area contributed by atoms with Gasteiger partial charge in [-0.1, -0.05) is 42.5 Å². The third kappa shape index (κ3) is 3.38. The van der Waals surface area contributed by atoms with Gasteiger partial charge >= 0.3 is 6.18 Å². The number of likely N-dealkylation sites (tertiary alicyclic amines) is 1. The standard InChI is InChI=1S/C21H22F3NO/c22-21(23,24)17-8-4-7-16(13-17)20(26)9-11-25(12-10-20)19-14-18(19)15-5-2-1-3-6-15/h1-8,13,18-19,26H,9-12,14H2/t18-,19+/m0/s1. The van der Waals surface area contributed by atoms with E-state index in [2.05, 4.69) is 17.0 Å². The number of hydrogen-bond acceptors (Lipinski definition) is 2. The molecule has 2 atom stereocenters. The molecule has 2 fully saturated rings. The Morgan fingerprint density at radius 1 is 0.962 bits per heavy atom. The second kappa shape index (κ2) is 6.39. The molecule has 2 aromatic carbocycles. The van der Waals surface area contributed by atoms with Crippen LogP contribution in [0.2, 0.25) is 0 Å². The summed E-state index contributed by atoms with van der Waals surface area (Å²) in [6.45, 7) is 1.42. The third-order valence-corrected chi connectivity index (χ3v) is 5.81. The summed E-state index contributed by atoms with van der Waals surface area (Å²) < 4.78 is 38.9. The lowest BCUT2D eigenvalue weighted by atomic mass is 9.83. The van der Waals surface area contributed by atoms with Crippen molar-refractivity contribution in [3.8, 4) is 0 Å². The summed E-state index contributed by atoms with van der Waals surface area (Å²) in [5.74, 6) is 0.538. The number of halogens is 3. The van der Waals surface area contributed by atoms with Gasteiger partial charge in [0.15, 0.2) is 0 Å². The van der Waals surface area contributed by atoms with Gasteiger partial charge in [-0.3, -0.25) is 4.90 Å². The predicted octanol–water partition coefficient (Wildman–Crippen LogP) is 4.54. The maximum Gasteiger partial charge on any atom is 0.416 e. The maximum absolute atomic E-state index is 13.0. The molecule has 0 bridgehead atoms. The first kappa shape index (κ1) is 17.6. The molecular formula is C21H22F3NO. The Morgan fingerprint density at radius 2 is 1.65 bits per heavy atom. The average Bonchev–Trinajstić information content (AvgIpc) is 3.43. The molecule has 0 amide bonds. The summed E-state index contributed by atoms with van der Waals surface area (Å²) in [4.78, 5) is 2.37. The second-order valence-corrected chi connectivity index (χ2v) is 7.47. The maximum atomic E-state index is 13.0. The van der Waals surface area contributed by atoms with Crippen molar-refractivity contribution in [1.29, 1.82) is 0 Å². The van der Waals surface area contributed by atoms with Gasteiger partial charge in [0, 0.05) is 25.0 Å². The number of benzene rings is 2. The highest BCUT2D eigenvalue weighted by atomic mass is 19.4. The van der Waals surface area contributed by atoms with Gasteiger partial charge in [0.25, 0.3) is 0 Å². The Morgan fingerprint density at radius 3 is 2.31 bits per heavy atom. The first-order valence-corrected chi connectivity index (χ1v) is 9.06. The first-order chi connectivity index (χ1) is 12.4. The van der Waals surface area contributed by atoms with Crippen LogP contribution in [-0.2, 0) is 11.8 Å². The molecule has 1 saturated carbocycles. The zero-order valence-corrected chi connectivity index (χ0v) is 14.4. The zero-order chi connectivity index (χ0) is 18.4. The van der Waals surface area contributed by atoms with Crippen LogP contribution in [0.3, 0.4) is 0 Å². The normalized spacial score (nSPS) is 25.8. The van der Waals surface area contributed by atoms with Crippen molar-refractivity contribution in [3.05, 3.63) is 71.3 Å². The molecule has 0 radical (unpaired) electrons. The molecule has 2 aliphatic rings. The summed E-state index contributed by atoms with van der Waals surface area (Å²) in [6, 6.07) is 16.0. The van der Waals surface area contributed by atoms with Gasteiger partial charge in [0.05, 0.1) is 11.2 Å². The highest BCUT2D eigenvalue weighted by Gasteiger charge is 2.46. The molecule has 1 aliphatic carbocycles. The van der Waals surface area contributed by atoms with E-state index < -0.39 is 17.3 Å². The van der Waals surface area contributed by atoms with Crippen LogP contribution < -0.4 is 0 Å². The van der Waals surface area contributed by atoms with Crippen molar-refractivity contribution in [1.82, 2.24) is 4.90 Å². The lowest BCUT2D eigenvalue weighted by Crippen LogP contribution is -2.43. The number of alkyl halides is 3. The summed E-state index contributed by atoms with van der Waals surface area (Å²) in [6.07, 6.45) is -2.34. The van der Waals surface area contributed by atoms with E-state index in [9.17, 15) is 18.3 Å². The van der Waals surface area contributed by atoms with Gasteiger partial charge < -0.3 is 5.11 Å². The smallest absolute Gasteiger partial charge is 0.385 e. The lowest BCUT2D eigenvalue weighted by molar-refractivity contribution is -0.137. The average molecular weight is 361 g/mol. The fourth-order valence-electron chi connectivity index (χ4n) is 4.14. The fraction of sp³-hybridized carbons (Fsp3) is 0.429. The van der Waals surface area contributed by atoms with Crippen molar-refractivity contribution in [2.75, 3.05) is 13.1 Å². The van der Waals surface area contributed by atoms with Gasteiger partial charge in [-0.15, -0.1) is 0 Å². The Balaban J connectivity index is 1.42. The summed E-state index contributed by atoms with van der Waals surface area (Å²) in [7, 11) is 0. The lowest BCUT2D eigenvalue weighted by Gasteiger charge is -2.39. The van der Waals surface area contributed by atoms with Crippen LogP contribution in [0, 0.1) is 0 Å². The molecule has 1 aliphatic heterocycles. The molecule has 0 aromatic heterocycles. The van der Waals surface area contributed by atoms with Gasteiger partial charge in [-0.05, 0) is 42.5 Å². The molecule has 1 N–H and O–H groups in total. The van der Waals surface area contributed by atoms with Crippen LogP contribution in [0.15, 0.2) is 54.6 Å². The highest BCUT2D eigenvalue weighted by molar-refractivity contribution is 5.31. The summed E-state index contributed by atoms with van der Waals surface area (Å²) in [5.41, 5.74) is -0.148. The van der Waals surface area contributed by atoms with Crippen LogP contribution in [0.5, 0.6) is 0 Å². The van der Waals surface area contributed by atoms with Gasteiger partial charge in [-0.25, -0.2) is 0 Å². The van der Waals surface area contributed by atoms with E-state index in [-0.39, 0.29) is 0 Å². The summed E-state index contributed by atoms with van der Waals surface area (Å²) in [5, 5.41) is 10.9. The molecule has 1 heterocycles. The third-order valence-electron chi connectivity index (χ3n) is 5.81. The largest absolute Gasteiger partial charge is 0.416 e. The number of piperidine rings is 1. The van der Waals surface area contributed by atoms with E-state index in [0.29, 0.717) is 43.5 Å². The van der Waals surface area contributed by atoms with Crippen molar-refractivity contribution in [2.24, 2.45) is 0 Å². The van der Waals surface area contributed by atoms with Gasteiger partial charge in [0.1, 0.15) is 0 Å². The van der Waals surface area contributed by atoms with Crippen molar-refractivity contribution in [3.63, 3.8) is 0 Å². The number of rotatable bonds is 3. The molecule has 26 heavy (non-hydrogen) atoms. The van der Waals surface area contributed by atoms with Crippen LogP contribution in [0.1, 0.15) is 41.9 Å². The highest BCUT2D eigenvalue weighted by Crippen LogP contribution is 2.47. The van der Waals surface area contributed by atoms with E-state index in [0.717, 1.165) is 18.6 Å². The van der Waals surface area contributed by atoms with Crippen molar-refractivity contribution < 1.29 is 18.3 Å². The molecule has 1 saturated heterocycles. The van der Waals surface area contributed by atoms with Gasteiger partial charge in [0.2, 0.25) is 0 Å². The minimum Gasteiger partial charge on any atom is -0.385 e. The van der Waals surface area contributed by atoms with E-state index in [4.69, 9.17) is 0 Å². The van der Waals surface area contributed by atoms with Gasteiger partial charge in [-0.2, -0.15) is 13.2 Å². The Labute approximate surface area is 151 Å². The van der Waals surface area contributed by atoms with Crippen molar-refractivity contribution in [2.45, 2.75) is 43.0 Å². The van der Waals surface area contributed by atoms with Crippen molar-refractivity contribution >= 4 is 0 Å². The number of nitrogens with zero attached hydrogens (tertiary/aromatic N) is 1. The zero-order valence-electron chi connectivity index (χ0n) is 14.4. The van der Waals surface area contributed by atoms with E-state index in [1.54, 1.807) is 6.07 Å². The SMILES string of the molecule is OC1(c2cccc(C(F)(F)F)c2)CCN([C@@H]2C[C@H]2c2ccccc2)CC1. The number of aliphatic hydroxyl groups is 1. The molecule has 0 spiro atoms. The quantitative estimate of drug-likeness (QED) is 0.867. The molecule has 5 heteroatoms. The Kier molecular flexibility index (Phi) is 4.32.